The molecule has 4 rings (SSSR count). The summed E-state index contributed by atoms with van der Waals surface area (Å²) in [6.45, 7) is 0. The maximum absolute atomic E-state index is 12.0. The van der Waals surface area contributed by atoms with E-state index in [1.165, 1.54) is 0 Å². The van der Waals surface area contributed by atoms with Crippen molar-refractivity contribution in [2.75, 3.05) is 23.0 Å². The van der Waals surface area contributed by atoms with Crippen LogP contribution in [0.2, 0.25) is 0 Å². The van der Waals surface area contributed by atoms with Crippen LogP contribution in [0, 0.1) is 0 Å². The molecule has 10 nitrogen and oxygen atoms in total. The quantitative estimate of drug-likeness (QED) is 0.403. The lowest BCUT2D eigenvalue weighted by Gasteiger charge is -2.07. The molecule has 4 aliphatic rings. The van der Waals surface area contributed by atoms with E-state index < -0.39 is 31.5 Å². The van der Waals surface area contributed by atoms with Crippen LogP contribution in [-0.4, -0.2) is 84.6 Å². The fourth-order valence-electron chi connectivity index (χ4n) is 3.14. The fourth-order valence-corrected chi connectivity index (χ4v) is 10.4. The van der Waals surface area contributed by atoms with Crippen LogP contribution >= 0.6 is 23.5 Å². The molecule has 0 saturated carbocycles. The third-order valence-corrected chi connectivity index (χ3v) is 10.6. The number of hydrogen-bond donors (Lipinski definition) is 2. The minimum Gasteiger partial charge on any atom is -0.297 e. The maximum Gasteiger partial charge on any atom is 0.315 e. The molecule has 26 heavy (non-hydrogen) atoms. The molecule has 0 aromatic carbocycles. The first-order valence-corrected chi connectivity index (χ1v) is 13.0. The van der Waals surface area contributed by atoms with E-state index in [1.54, 1.807) is 0 Å². The molecule has 4 atom stereocenters. The molecule has 0 aromatic heterocycles. The van der Waals surface area contributed by atoms with E-state index in [4.69, 9.17) is 0 Å². The van der Waals surface area contributed by atoms with Gasteiger partial charge in [-0.05, 0) is 0 Å². The van der Waals surface area contributed by atoms with Crippen LogP contribution in [-0.2, 0) is 29.3 Å². The molecule has 4 aliphatic heterocycles. The fraction of sp³-hybridized carbons (Fsp3) is 0.667. The zero-order chi connectivity index (χ0) is 18.7. The predicted molar refractivity (Wildman–Crippen MR) is 98.8 cm³/mol. The zero-order valence-electron chi connectivity index (χ0n) is 13.1. The van der Waals surface area contributed by atoms with Crippen LogP contribution in [0.25, 0.3) is 0 Å². The lowest BCUT2D eigenvalue weighted by Crippen LogP contribution is -2.43. The van der Waals surface area contributed by atoms with Crippen molar-refractivity contribution in [1.82, 2.24) is 10.6 Å². The summed E-state index contributed by atoms with van der Waals surface area (Å²) in [6, 6.07) is -0.779. The highest BCUT2D eigenvalue weighted by molar-refractivity contribution is 8.15. The Balaban J connectivity index is 1.32. The number of amidine groups is 2. The van der Waals surface area contributed by atoms with Gasteiger partial charge in [0, 0.05) is 10.5 Å². The lowest BCUT2D eigenvalue weighted by atomic mass is 10.3. The molecule has 142 valence electrons. The molecule has 0 bridgehead atoms. The van der Waals surface area contributed by atoms with Crippen LogP contribution in [0.4, 0.5) is 0 Å². The molecule has 14 heteroatoms. The van der Waals surface area contributed by atoms with Gasteiger partial charge in [0.2, 0.25) is 0 Å². The summed E-state index contributed by atoms with van der Waals surface area (Å²) in [5, 5.41) is 4.77. The summed E-state index contributed by atoms with van der Waals surface area (Å²) in [6.07, 6.45) is 0. The average molecular weight is 439 g/mol. The number of fused-ring (bicyclic) bond motifs is 2. The van der Waals surface area contributed by atoms with Crippen molar-refractivity contribution in [3.05, 3.63) is 0 Å². The van der Waals surface area contributed by atoms with Gasteiger partial charge >= 0.3 is 11.8 Å². The van der Waals surface area contributed by atoms with Gasteiger partial charge in [-0.25, -0.2) is 16.8 Å². The third kappa shape index (κ3) is 3.64. The van der Waals surface area contributed by atoms with E-state index in [-0.39, 0.29) is 55.9 Å². The Hall–Kier alpha value is -1.12. The van der Waals surface area contributed by atoms with E-state index >= 15 is 0 Å². The normalized spacial score (nSPS) is 36.0. The standard InChI is InChI=1S/C12H14N4O6S4/c17-9(15-11-13-5-1-25(19,20)3-7(5)23-11)10(18)16-12-14-6-2-26(21,22)4-8(6)24-12/h5-8H,1-4H2,(H,13,15,17)(H,14,16,18)/t5-,6+,7+,8-. The van der Waals surface area contributed by atoms with Gasteiger partial charge in [-0.2, -0.15) is 0 Å². The molecule has 0 unspecified atom stereocenters. The topological polar surface area (TPSA) is 151 Å². The predicted octanol–water partition coefficient (Wildman–Crippen LogP) is -2.24. The van der Waals surface area contributed by atoms with E-state index in [1.807, 2.05) is 0 Å². The summed E-state index contributed by atoms with van der Waals surface area (Å²) in [7, 11) is -6.17. The summed E-state index contributed by atoms with van der Waals surface area (Å²) >= 11 is 2.28. The van der Waals surface area contributed by atoms with Gasteiger partial charge in [-0.3, -0.25) is 30.2 Å². The molecule has 2 saturated heterocycles. The summed E-state index contributed by atoms with van der Waals surface area (Å²) in [4.78, 5) is 32.3. The molecule has 4 heterocycles. The van der Waals surface area contributed by atoms with E-state index in [0.717, 1.165) is 23.5 Å². The second-order valence-corrected chi connectivity index (χ2v) is 13.1. The van der Waals surface area contributed by atoms with Gasteiger partial charge in [0.1, 0.15) is 0 Å². The largest absolute Gasteiger partial charge is 0.315 e. The summed E-state index contributed by atoms with van der Waals surface area (Å²) in [5.74, 6) is -1.92. The number of nitrogens with one attached hydrogen (secondary N) is 2. The highest BCUT2D eigenvalue weighted by atomic mass is 32.2. The third-order valence-electron chi connectivity index (χ3n) is 4.28. The highest BCUT2D eigenvalue weighted by Crippen LogP contribution is 2.34. The number of hydrogen-bond acceptors (Lipinski definition) is 10. The van der Waals surface area contributed by atoms with Crippen molar-refractivity contribution in [3.8, 4) is 0 Å². The maximum atomic E-state index is 12.0. The van der Waals surface area contributed by atoms with Gasteiger partial charge in [-0.1, -0.05) is 23.5 Å². The number of carbonyl (C=O) groups excluding carboxylic acids is 2. The average Bonchev–Trinajstić information content (AvgIpc) is 3.14. The molecule has 2 amide bonds. The first-order chi connectivity index (χ1) is 12.1. The first kappa shape index (κ1) is 18.3. The second-order valence-electron chi connectivity index (χ2n) is 6.38. The Morgan fingerprint density at radius 1 is 0.769 bits per heavy atom. The van der Waals surface area contributed by atoms with Gasteiger partial charge < -0.3 is 0 Å². The number of aliphatic imine (C=N–C) groups is 2. The van der Waals surface area contributed by atoms with Crippen molar-refractivity contribution in [2.45, 2.75) is 22.6 Å². The summed E-state index contributed by atoms with van der Waals surface area (Å²) < 4.78 is 46.0. The molecule has 0 aliphatic carbocycles. The Morgan fingerprint density at radius 2 is 1.15 bits per heavy atom. The summed E-state index contributed by atoms with van der Waals surface area (Å²) in [5.41, 5.74) is 0. The van der Waals surface area contributed by atoms with Crippen LogP contribution in [0.5, 0.6) is 0 Å². The Labute approximate surface area is 157 Å². The number of nitrogens with zero attached hydrogens (tertiary/aromatic N) is 2. The van der Waals surface area contributed by atoms with E-state index in [9.17, 15) is 26.4 Å². The highest BCUT2D eigenvalue weighted by Gasteiger charge is 2.44. The minimum atomic E-state index is -3.09. The smallest absolute Gasteiger partial charge is 0.297 e. The van der Waals surface area contributed by atoms with Crippen LogP contribution in [0.1, 0.15) is 0 Å². The van der Waals surface area contributed by atoms with Gasteiger partial charge in [0.25, 0.3) is 0 Å². The van der Waals surface area contributed by atoms with Gasteiger partial charge in [0.05, 0.1) is 35.1 Å². The number of amides is 2. The van der Waals surface area contributed by atoms with Gasteiger partial charge in [-0.15, -0.1) is 0 Å². The molecular weight excluding hydrogens is 424 g/mol. The molecule has 0 aromatic rings. The first-order valence-electron chi connectivity index (χ1n) is 7.62. The number of rotatable bonds is 0. The lowest BCUT2D eigenvalue weighted by molar-refractivity contribution is -0.137. The number of carbonyl (C=O) groups is 2. The van der Waals surface area contributed by atoms with Gasteiger partial charge in [0.15, 0.2) is 30.0 Å². The van der Waals surface area contributed by atoms with Crippen molar-refractivity contribution in [3.63, 3.8) is 0 Å². The molecule has 0 radical (unpaired) electrons. The Bertz CT molecular complexity index is 878. The Kier molecular flexibility index (Phi) is 4.36. The van der Waals surface area contributed by atoms with E-state index in [2.05, 4.69) is 20.6 Å². The minimum absolute atomic E-state index is 0.0104. The van der Waals surface area contributed by atoms with Crippen molar-refractivity contribution >= 4 is 65.3 Å². The SMILES string of the molecule is O=C(NC1=N[C@@H]2CS(=O)(=O)C[C@@H]2S1)C(=O)NC1=N[C@H]2CS(=O)(=O)C[C@H]2S1. The Morgan fingerprint density at radius 3 is 1.50 bits per heavy atom. The monoisotopic (exact) mass is 438 g/mol. The molecule has 2 N–H and O–H groups in total. The van der Waals surface area contributed by atoms with Crippen LogP contribution in [0.15, 0.2) is 9.98 Å². The van der Waals surface area contributed by atoms with Crippen molar-refractivity contribution in [2.24, 2.45) is 9.98 Å². The van der Waals surface area contributed by atoms with E-state index in [0.29, 0.717) is 0 Å². The molecular formula is C12H14N4O6S4. The zero-order valence-corrected chi connectivity index (χ0v) is 16.4. The van der Waals surface area contributed by atoms with Crippen molar-refractivity contribution < 1.29 is 26.4 Å². The van der Waals surface area contributed by atoms with Crippen molar-refractivity contribution in [1.29, 1.82) is 0 Å². The number of thioether (sulfide) groups is 2. The second kappa shape index (κ2) is 6.21. The van der Waals surface area contributed by atoms with Crippen LogP contribution in [0.3, 0.4) is 0 Å². The molecule has 0 spiro atoms. The van der Waals surface area contributed by atoms with Crippen LogP contribution < -0.4 is 10.6 Å². The number of sulfone groups is 2. The molecule has 2 fully saturated rings.